The molecule has 3 aromatic carbocycles. The van der Waals surface area contributed by atoms with E-state index in [9.17, 15) is 19.5 Å². The van der Waals surface area contributed by atoms with Crippen LogP contribution in [-0.2, 0) is 22.6 Å². The summed E-state index contributed by atoms with van der Waals surface area (Å²) in [7, 11) is 0. The van der Waals surface area contributed by atoms with Gasteiger partial charge in [0.2, 0.25) is 5.91 Å². The number of amides is 2. The first-order valence-electron chi connectivity index (χ1n) is 9.84. The van der Waals surface area contributed by atoms with Crippen molar-refractivity contribution in [1.82, 2.24) is 10.2 Å². The van der Waals surface area contributed by atoms with E-state index in [4.69, 9.17) is 0 Å². The van der Waals surface area contributed by atoms with Crippen LogP contribution in [0.4, 0.5) is 0 Å². The van der Waals surface area contributed by atoms with Crippen molar-refractivity contribution >= 4 is 28.6 Å². The van der Waals surface area contributed by atoms with Gasteiger partial charge in [-0.2, -0.15) is 0 Å². The molecule has 3 aromatic rings. The van der Waals surface area contributed by atoms with E-state index in [2.05, 4.69) is 5.32 Å². The quantitative estimate of drug-likeness (QED) is 0.664. The molecule has 1 heterocycles. The molecule has 0 saturated carbocycles. The summed E-state index contributed by atoms with van der Waals surface area (Å²) >= 11 is 0. The Morgan fingerprint density at radius 1 is 1.03 bits per heavy atom. The molecular formula is C24H22N2O4. The lowest BCUT2D eigenvalue weighted by atomic mass is 10.00. The summed E-state index contributed by atoms with van der Waals surface area (Å²) in [5.74, 6) is -1.81. The average molecular weight is 402 g/mol. The second-order valence-corrected chi connectivity index (χ2v) is 7.56. The van der Waals surface area contributed by atoms with Crippen LogP contribution in [0.15, 0.2) is 66.7 Å². The number of hydrogen-bond donors (Lipinski definition) is 2. The first-order chi connectivity index (χ1) is 14.4. The van der Waals surface area contributed by atoms with E-state index < -0.39 is 24.0 Å². The third-order valence-electron chi connectivity index (χ3n) is 5.50. The van der Waals surface area contributed by atoms with Gasteiger partial charge in [-0.25, -0.2) is 0 Å². The number of fused-ring (bicyclic) bond motifs is 2. The van der Waals surface area contributed by atoms with E-state index in [1.807, 2.05) is 54.6 Å². The van der Waals surface area contributed by atoms with Crippen molar-refractivity contribution in [3.05, 3.63) is 83.4 Å². The normalized spacial score (nSPS) is 15.0. The van der Waals surface area contributed by atoms with Gasteiger partial charge in [0, 0.05) is 18.5 Å². The van der Waals surface area contributed by atoms with Gasteiger partial charge < -0.3 is 15.3 Å². The van der Waals surface area contributed by atoms with Gasteiger partial charge in [-0.3, -0.25) is 14.4 Å². The number of hydrogen-bond acceptors (Lipinski definition) is 3. The van der Waals surface area contributed by atoms with Crippen LogP contribution in [0, 0.1) is 0 Å². The number of carboxylic acids is 1. The van der Waals surface area contributed by atoms with E-state index in [1.54, 1.807) is 12.1 Å². The zero-order valence-corrected chi connectivity index (χ0v) is 16.5. The van der Waals surface area contributed by atoms with Crippen molar-refractivity contribution in [2.24, 2.45) is 0 Å². The predicted molar refractivity (Wildman–Crippen MR) is 113 cm³/mol. The number of carbonyl (C=O) groups excluding carboxylic acids is 2. The van der Waals surface area contributed by atoms with Gasteiger partial charge in [-0.1, -0.05) is 60.7 Å². The van der Waals surface area contributed by atoms with E-state index >= 15 is 0 Å². The maximum absolute atomic E-state index is 13.0. The van der Waals surface area contributed by atoms with Crippen molar-refractivity contribution in [3.8, 4) is 0 Å². The Bertz CT molecular complexity index is 1140. The third kappa shape index (κ3) is 3.76. The summed E-state index contributed by atoms with van der Waals surface area (Å²) in [6.07, 6.45) is 0.294. The van der Waals surface area contributed by atoms with Crippen molar-refractivity contribution in [2.75, 3.05) is 0 Å². The molecule has 4 rings (SSSR count). The third-order valence-corrected chi connectivity index (χ3v) is 5.50. The van der Waals surface area contributed by atoms with Crippen LogP contribution >= 0.6 is 0 Å². The summed E-state index contributed by atoms with van der Waals surface area (Å²) in [5.41, 5.74) is 2.35. The van der Waals surface area contributed by atoms with Crippen molar-refractivity contribution in [1.29, 1.82) is 0 Å². The van der Waals surface area contributed by atoms with E-state index in [0.717, 1.165) is 21.9 Å². The molecule has 0 saturated heterocycles. The van der Waals surface area contributed by atoms with Gasteiger partial charge in [0.15, 0.2) is 0 Å². The largest absolute Gasteiger partial charge is 0.480 e. The van der Waals surface area contributed by atoms with Crippen LogP contribution < -0.4 is 5.32 Å². The fourth-order valence-electron chi connectivity index (χ4n) is 3.83. The molecule has 30 heavy (non-hydrogen) atoms. The van der Waals surface area contributed by atoms with E-state index in [1.165, 1.54) is 11.8 Å². The van der Waals surface area contributed by atoms with Gasteiger partial charge in [-0.15, -0.1) is 0 Å². The second-order valence-electron chi connectivity index (χ2n) is 7.56. The van der Waals surface area contributed by atoms with E-state index in [0.29, 0.717) is 18.5 Å². The lowest BCUT2D eigenvalue weighted by molar-refractivity contribution is -0.142. The Morgan fingerprint density at radius 2 is 1.73 bits per heavy atom. The highest BCUT2D eigenvalue weighted by Gasteiger charge is 2.37. The number of aliphatic carboxylic acids is 1. The smallest absolute Gasteiger partial charge is 0.325 e. The number of nitrogens with zero attached hydrogens (tertiary/aromatic N) is 1. The highest BCUT2D eigenvalue weighted by molar-refractivity contribution is 6.01. The number of nitrogens with one attached hydrogen (secondary N) is 1. The van der Waals surface area contributed by atoms with Gasteiger partial charge >= 0.3 is 5.97 Å². The number of rotatable bonds is 6. The topological polar surface area (TPSA) is 86.7 Å². The Kier molecular flexibility index (Phi) is 5.23. The average Bonchev–Trinajstić information content (AvgIpc) is 3.08. The summed E-state index contributed by atoms with van der Waals surface area (Å²) in [6.45, 7) is 1.73. The zero-order valence-electron chi connectivity index (χ0n) is 16.5. The summed E-state index contributed by atoms with van der Waals surface area (Å²) in [6, 6.07) is 19.3. The molecule has 152 valence electrons. The molecule has 1 aliphatic heterocycles. The Balaban J connectivity index is 1.65. The van der Waals surface area contributed by atoms with Crippen molar-refractivity contribution in [2.45, 2.75) is 32.0 Å². The Morgan fingerprint density at radius 3 is 2.47 bits per heavy atom. The van der Waals surface area contributed by atoms with Gasteiger partial charge in [0.1, 0.15) is 12.1 Å². The lowest BCUT2D eigenvalue weighted by Crippen LogP contribution is -2.51. The second kappa shape index (κ2) is 7.99. The van der Waals surface area contributed by atoms with E-state index in [-0.39, 0.29) is 5.91 Å². The summed E-state index contributed by atoms with van der Waals surface area (Å²) < 4.78 is 0. The SMILES string of the molecule is C[C@H](NC(=O)[C@H](Cc1ccc2ccccc2c1)N1Cc2ccccc2C1=O)C(=O)O. The number of carbonyl (C=O) groups is 3. The summed E-state index contributed by atoms with van der Waals surface area (Å²) in [4.78, 5) is 38.8. The van der Waals surface area contributed by atoms with Gasteiger partial charge in [0.05, 0.1) is 0 Å². The summed E-state index contributed by atoms with van der Waals surface area (Å²) in [5, 5.41) is 13.8. The molecule has 0 radical (unpaired) electrons. The molecule has 0 spiro atoms. The van der Waals surface area contributed by atoms with Crippen LogP contribution in [0.3, 0.4) is 0 Å². The number of benzene rings is 3. The number of carboxylic acid groups (broad SMARTS) is 1. The lowest BCUT2D eigenvalue weighted by Gasteiger charge is -2.28. The highest BCUT2D eigenvalue weighted by atomic mass is 16.4. The minimum absolute atomic E-state index is 0.213. The first-order valence-corrected chi connectivity index (χ1v) is 9.84. The van der Waals surface area contributed by atoms with Crippen molar-refractivity contribution in [3.63, 3.8) is 0 Å². The predicted octanol–water partition coefficient (Wildman–Crippen LogP) is 3.00. The molecule has 0 unspecified atom stereocenters. The van der Waals surface area contributed by atoms with Gasteiger partial charge in [0.25, 0.3) is 5.91 Å². The minimum atomic E-state index is -1.12. The van der Waals surface area contributed by atoms with Crippen LogP contribution in [0.1, 0.15) is 28.4 Å². The first kappa shape index (κ1) is 19.6. The molecule has 2 N–H and O–H groups in total. The Hall–Kier alpha value is -3.67. The molecule has 1 aliphatic rings. The molecule has 0 aliphatic carbocycles. The minimum Gasteiger partial charge on any atom is -0.480 e. The van der Waals surface area contributed by atoms with Crippen LogP contribution in [0.5, 0.6) is 0 Å². The Labute approximate surface area is 174 Å². The van der Waals surface area contributed by atoms with Crippen LogP contribution in [0.2, 0.25) is 0 Å². The maximum Gasteiger partial charge on any atom is 0.325 e. The highest BCUT2D eigenvalue weighted by Crippen LogP contribution is 2.26. The molecule has 0 aromatic heterocycles. The van der Waals surface area contributed by atoms with Crippen molar-refractivity contribution < 1.29 is 19.5 Å². The van der Waals surface area contributed by atoms with Crippen LogP contribution in [0.25, 0.3) is 10.8 Å². The molecule has 2 atom stereocenters. The molecule has 0 bridgehead atoms. The molecule has 2 amide bonds. The maximum atomic E-state index is 13.0. The van der Waals surface area contributed by atoms with Crippen LogP contribution in [-0.4, -0.2) is 39.9 Å². The fraction of sp³-hybridized carbons (Fsp3) is 0.208. The molecule has 6 nitrogen and oxygen atoms in total. The zero-order chi connectivity index (χ0) is 21.3. The standard InChI is InChI=1S/C24H22N2O4/c1-15(24(29)30)25-22(27)21(26-14-19-8-4-5-9-20(19)23(26)28)13-16-10-11-17-6-2-3-7-18(17)12-16/h2-12,15,21H,13-14H2,1H3,(H,25,27)(H,29,30)/t15-,21-/m0/s1. The monoisotopic (exact) mass is 402 g/mol. The van der Waals surface area contributed by atoms with Gasteiger partial charge in [-0.05, 0) is 34.9 Å². The molecular weight excluding hydrogens is 380 g/mol. The molecule has 0 fully saturated rings. The fourth-order valence-corrected chi connectivity index (χ4v) is 3.83. The molecule has 6 heteroatoms.